The average Bonchev–Trinajstić information content (AvgIpc) is 2.61. The van der Waals surface area contributed by atoms with Crippen molar-refractivity contribution in [3.63, 3.8) is 0 Å². The van der Waals surface area contributed by atoms with Crippen molar-refractivity contribution in [2.45, 2.75) is 26.8 Å². The van der Waals surface area contributed by atoms with Crippen molar-refractivity contribution in [3.8, 4) is 0 Å². The Bertz CT molecular complexity index is 595. The number of rotatable bonds is 4. The predicted molar refractivity (Wildman–Crippen MR) is 84.1 cm³/mol. The second-order valence-corrected chi connectivity index (χ2v) is 5.61. The van der Waals surface area contributed by atoms with E-state index in [0.29, 0.717) is 10.7 Å². The first-order valence-electron chi connectivity index (χ1n) is 6.08. The maximum atomic E-state index is 6.07. The third kappa shape index (κ3) is 3.04. The van der Waals surface area contributed by atoms with E-state index in [9.17, 15) is 0 Å². The van der Waals surface area contributed by atoms with E-state index in [1.807, 2.05) is 29.8 Å². The van der Waals surface area contributed by atoms with Crippen LogP contribution >= 0.6 is 27.5 Å². The lowest BCUT2D eigenvalue weighted by molar-refractivity contribution is 0.605. The molecular formula is C13H16BrClN4. The van der Waals surface area contributed by atoms with E-state index in [0.717, 1.165) is 34.6 Å². The molecular weight excluding hydrogens is 328 g/mol. The van der Waals surface area contributed by atoms with Gasteiger partial charge in [-0.1, -0.05) is 18.5 Å². The summed E-state index contributed by atoms with van der Waals surface area (Å²) in [6, 6.07) is 5.58. The zero-order valence-corrected chi connectivity index (χ0v) is 13.2. The number of hydrogen-bond acceptors (Lipinski definition) is 3. The molecule has 0 radical (unpaired) electrons. The molecule has 1 aromatic heterocycles. The minimum Gasteiger partial charge on any atom is -0.394 e. The third-order valence-corrected chi connectivity index (χ3v) is 3.68. The standard InChI is InChI=1S/C13H16BrClN4/c1-3-6-19-13(12(16)8(2)18-19)17-11-5-4-9(15)7-10(11)14/h4-5,7,17H,3,6,16H2,1-2H3. The number of benzene rings is 1. The van der Waals surface area contributed by atoms with Gasteiger partial charge in [-0.05, 0) is 47.5 Å². The quantitative estimate of drug-likeness (QED) is 0.868. The molecule has 0 atom stereocenters. The maximum absolute atomic E-state index is 6.07. The highest BCUT2D eigenvalue weighted by Crippen LogP contribution is 2.32. The summed E-state index contributed by atoms with van der Waals surface area (Å²) in [5.41, 5.74) is 8.50. The molecule has 6 heteroatoms. The Morgan fingerprint density at radius 2 is 2.21 bits per heavy atom. The molecule has 4 nitrogen and oxygen atoms in total. The molecule has 2 aromatic rings. The van der Waals surface area contributed by atoms with E-state index in [1.165, 1.54) is 0 Å². The first-order chi connectivity index (χ1) is 9.02. The van der Waals surface area contributed by atoms with E-state index in [2.05, 4.69) is 33.3 Å². The largest absolute Gasteiger partial charge is 0.394 e. The second-order valence-electron chi connectivity index (χ2n) is 4.32. The monoisotopic (exact) mass is 342 g/mol. The zero-order chi connectivity index (χ0) is 14.0. The van der Waals surface area contributed by atoms with Gasteiger partial charge >= 0.3 is 0 Å². The Hall–Kier alpha value is -1.20. The predicted octanol–water partition coefficient (Wildman–Crippen LogP) is 4.34. The SMILES string of the molecule is CCCn1nc(C)c(N)c1Nc1ccc(Cl)cc1Br. The molecule has 0 aliphatic carbocycles. The van der Waals surface area contributed by atoms with Crippen LogP contribution < -0.4 is 11.1 Å². The first kappa shape index (κ1) is 14.2. The number of aryl methyl sites for hydroxylation is 2. The fourth-order valence-corrected chi connectivity index (χ4v) is 2.60. The summed E-state index contributed by atoms with van der Waals surface area (Å²) in [5.74, 6) is 0.822. The molecule has 0 aliphatic heterocycles. The van der Waals surface area contributed by atoms with E-state index >= 15 is 0 Å². The van der Waals surface area contributed by atoms with Crippen molar-refractivity contribution in [2.24, 2.45) is 0 Å². The van der Waals surface area contributed by atoms with Gasteiger partial charge in [0.05, 0.1) is 17.1 Å². The second kappa shape index (κ2) is 5.84. The van der Waals surface area contributed by atoms with Crippen LogP contribution in [0.15, 0.2) is 22.7 Å². The van der Waals surface area contributed by atoms with Crippen molar-refractivity contribution >= 4 is 44.7 Å². The van der Waals surface area contributed by atoms with Gasteiger partial charge in [0.25, 0.3) is 0 Å². The molecule has 0 unspecified atom stereocenters. The summed E-state index contributed by atoms with van der Waals surface area (Å²) in [7, 11) is 0. The molecule has 0 saturated carbocycles. The number of hydrogen-bond donors (Lipinski definition) is 2. The van der Waals surface area contributed by atoms with Crippen LogP contribution in [0.1, 0.15) is 19.0 Å². The fraction of sp³-hybridized carbons (Fsp3) is 0.308. The highest BCUT2D eigenvalue weighted by molar-refractivity contribution is 9.10. The molecule has 0 saturated heterocycles. The number of anilines is 3. The van der Waals surface area contributed by atoms with E-state index in [-0.39, 0.29) is 0 Å². The molecule has 0 aliphatic rings. The number of nitrogens with two attached hydrogens (primary N) is 1. The smallest absolute Gasteiger partial charge is 0.152 e. The molecule has 1 aromatic carbocycles. The van der Waals surface area contributed by atoms with Crippen LogP contribution in [0.5, 0.6) is 0 Å². The van der Waals surface area contributed by atoms with Gasteiger partial charge in [-0.2, -0.15) is 5.10 Å². The van der Waals surface area contributed by atoms with Gasteiger partial charge < -0.3 is 11.1 Å². The van der Waals surface area contributed by atoms with Crippen LogP contribution in [-0.4, -0.2) is 9.78 Å². The summed E-state index contributed by atoms with van der Waals surface area (Å²) in [4.78, 5) is 0. The van der Waals surface area contributed by atoms with Crippen LogP contribution in [0.25, 0.3) is 0 Å². The summed E-state index contributed by atoms with van der Waals surface area (Å²) in [6.07, 6.45) is 0.997. The number of nitrogens with one attached hydrogen (secondary N) is 1. The fourth-order valence-electron chi connectivity index (χ4n) is 1.82. The van der Waals surface area contributed by atoms with Gasteiger partial charge in [0, 0.05) is 16.0 Å². The molecule has 1 heterocycles. The lowest BCUT2D eigenvalue weighted by atomic mass is 10.3. The molecule has 102 valence electrons. The minimum atomic E-state index is 0.676. The molecule has 0 spiro atoms. The summed E-state index contributed by atoms with van der Waals surface area (Å²) < 4.78 is 2.78. The Balaban J connectivity index is 2.37. The lowest BCUT2D eigenvalue weighted by Gasteiger charge is -2.11. The number of aromatic nitrogens is 2. The van der Waals surface area contributed by atoms with Crippen LogP contribution in [0.2, 0.25) is 5.02 Å². The first-order valence-corrected chi connectivity index (χ1v) is 7.25. The maximum Gasteiger partial charge on any atom is 0.152 e. The minimum absolute atomic E-state index is 0.676. The van der Waals surface area contributed by atoms with E-state index in [1.54, 1.807) is 0 Å². The van der Waals surface area contributed by atoms with Gasteiger partial charge in [-0.3, -0.25) is 0 Å². The van der Waals surface area contributed by atoms with Crippen LogP contribution in [0.4, 0.5) is 17.2 Å². The molecule has 0 bridgehead atoms. The lowest BCUT2D eigenvalue weighted by Crippen LogP contribution is -2.06. The Kier molecular flexibility index (Phi) is 4.37. The van der Waals surface area contributed by atoms with Crippen molar-refractivity contribution < 1.29 is 0 Å². The third-order valence-electron chi connectivity index (χ3n) is 2.79. The topological polar surface area (TPSA) is 55.9 Å². The molecule has 0 amide bonds. The number of nitrogen functional groups attached to an aromatic ring is 1. The highest BCUT2D eigenvalue weighted by atomic mass is 79.9. The van der Waals surface area contributed by atoms with Crippen LogP contribution in [0, 0.1) is 6.92 Å². The van der Waals surface area contributed by atoms with Gasteiger partial charge in [-0.15, -0.1) is 0 Å². The average molecular weight is 344 g/mol. The highest BCUT2D eigenvalue weighted by Gasteiger charge is 2.13. The van der Waals surface area contributed by atoms with Crippen molar-refractivity contribution in [2.75, 3.05) is 11.1 Å². The summed E-state index contributed by atoms with van der Waals surface area (Å²) in [6.45, 7) is 4.84. The molecule has 19 heavy (non-hydrogen) atoms. The zero-order valence-electron chi connectivity index (χ0n) is 10.9. The Morgan fingerprint density at radius 3 is 2.84 bits per heavy atom. The van der Waals surface area contributed by atoms with Crippen molar-refractivity contribution in [1.82, 2.24) is 9.78 Å². The van der Waals surface area contributed by atoms with Gasteiger partial charge in [-0.25, -0.2) is 4.68 Å². The van der Waals surface area contributed by atoms with Crippen molar-refractivity contribution in [1.29, 1.82) is 0 Å². The normalized spacial score (nSPS) is 10.7. The summed E-state index contributed by atoms with van der Waals surface area (Å²) >= 11 is 9.42. The van der Waals surface area contributed by atoms with Crippen molar-refractivity contribution in [3.05, 3.63) is 33.4 Å². The van der Waals surface area contributed by atoms with Gasteiger partial charge in [0.1, 0.15) is 0 Å². The van der Waals surface area contributed by atoms with E-state index < -0.39 is 0 Å². The Morgan fingerprint density at radius 1 is 1.47 bits per heavy atom. The number of halogens is 2. The molecule has 2 rings (SSSR count). The van der Waals surface area contributed by atoms with Crippen LogP contribution in [-0.2, 0) is 6.54 Å². The molecule has 3 N–H and O–H groups in total. The van der Waals surface area contributed by atoms with E-state index in [4.69, 9.17) is 17.3 Å². The summed E-state index contributed by atoms with van der Waals surface area (Å²) in [5, 5.41) is 8.43. The Labute approximate surface area is 126 Å². The van der Waals surface area contributed by atoms with Gasteiger partial charge in [0.15, 0.2) is 5.82 Å². The van der Waals surface area contributed by atoms with Crippen LogP contribution in [0.3, 0.4) is 0 Å². The molecule has 0 fully saturated rings. The van der Waals surface area contributed by atoms with Gasteiger partial charge in [0.2, 0.25) is 0 Å². The number of nitrogens with zero attached hydrogens (tertiary/aromatic N) is 2.